The van der Waals surface area contributed by atoms with Crippen molar-refractivity contribution in [3.05, 3.63) is 58.9 Å². The number of fused-ring (bicyclic) bond motifs is 1. The highest BCUT2D eigenvalue weighted by Gasteiger charge is 2.18. The summed E-state index contributed by atoms with van der Waals surface area (Å²) in [5, 5.41) is 12.4. The van der Waals surface area contributed by atoms with Crippen LogP contribution in [0, 0.1) is 0 Å². The molecule has 0 radical (unpaired) electrons. The predicted molar refractivity (Wildman–Crippen MR) is 117 cm³/mol. The van der Waals surface area contributed by atoms with Gasteiger partial charge in [0.05, 0.1) is 16.8 Å². The number of carbonyl (C=O) groups is 1. The smallest absolute Gasteiger partial charge is 0.231 e. The molecule has 1 atom stereocenters. The number of carbonyl (C=O) groups excluding carboxylic acids is 1. The topological polar surface area (TPSA) is 87.5 Å². The minimum atomic E-state index is -0.165. The van der Waals surface area contributed by atoms with E-state index in [1.54, 1.807) is 16.7 Å². The van der Waals surface area contributed by atoms with Crippen LogP contribution in [0.15, 0.2) is 47.6 Å². The van der Waals surface area contributed by atoms with Crippen LogP contribution in [0.3, 0.4) is 0 Å². The number of halogens is 1. The third-order valence-electron chi connectivity index (χ3n) is 4.72. The maximum atomic E-state index is 12.4. The number of hydrogen-bond acceptors (Lipinski definition) is 7. The first kappa shape index (κ1) is 21.3. The fourth-order valence-electron chi connectivity index (χ4n) is 2.98. The Labute approximate surface area is 188 Å². The molecule has 1 N–H and O–H groups in total. The monoisotopic (exact) mass is 460 g/mol. The lowest BCUT2D eigenvalue weighted by molar-refractivity contribution is -0.119. The molecule has 1 aliphatic heterocycles. The highest BCUT2D eigenvalue weighted by molar-refractivity contribution is 7.99. The van der Waals surface area contributed by atoms with Crippen molar-refractivity contribution in [1.29, 1.82) is 0 Å². The van der Waals surface area contributed by atoms with Crippen molar-refractivity contribution >= 4 is 29.3 Å². The lowest BCUT2D eigenvalue weighted by Gasteiger charge is -2.14. The number of para-hydroxylation sites is 1. The van der Waals surface area contributed by atoms with E-state index in [9.17, 15) is 4.79 Å². The average Bonchev–Trinajstić information content (AvgIpc) is 3.37. The fraction of sp³-hybridized carbons (Fsp3) is 0.286. The first-order chi connectivity index (χ1) is 15.0. The van der Waals surface area contributed by atoms with E-state index in [1.165, 1.54) is 11.8 Å². The fourth-order valence-corrected chi connectivity index (χ4v) is 3.91. The van der Waals surface area contributed by atoms with Crippen molar-refractivity contribution in [3.63, 3.8) is 0 Å². The number of aromatic nitrogens is 3. The van der Waals surface area contributed by atoms with E-state index < -0.39 is 0 Å². The standard InChI is InChI=1S/C21H21ClN4O4S/c1-13(14-7-8-17-18(9-14)30-12-29-17)23-20(27)11-31-21-25-24-19(26(21)2)10-28-16-6-4-3-5-15(16)22/h3-9,13H,10-12H2,1-2H3,(H,23,27)/t13-/m0/s1. The zero-order chi connectivity index (χ0) is 21.8. The number of nitrogens with zero attached hydrogens (tertiary/aromatic N) is 3. The summed E-state index contributed by atoms with van der Waals surface area (Å²) < 4.78 is 18.2. The van der Waals surface area contributed by atoms with Crippen LogP contribution in [0.4, 0.5) is 0 Å². The van der Waals surface area contributed by atoms with E-state index in [2.05, 4.69) is 15.5 Å². The summed E-state index contributed by atoms with van der Waals surface area (Å²) in [6.45, 7) is 2.37. The highest BCUT2D eigenvalue weighted by atomic mass is 35.5. The molecule has 162 valence electrons. The van der Waals surface area contributed by atoms with Crippen LogP contribution in [0.5, 0.6) is 17.2 Å². The Morgan fingerprint density at radius 1 is 1.26 bits per heavy atom. The van der Waals surface area contributed by atoms with E-state index in [1.807, 2.05) is 44.3 Å². The summed E-state index contributed by atoms with van der Waals surface area (Å²) in [5.74, 6) is 2.74. The van der Waals surface area contributed by atoms with Crippen molar-refractivity contribution < 1.29 is 19.0 Å². The second kappa shape index (κ2) is 9.49. The molecule has 31 heavy (non-hydrogen) atoms. The van der Waals surface area contributed by atoms with Crippen molar-refractivity contribution in [3.8, 4) is 17.2 Å². The molecule has 1 aromatic heterocycles. The molecule has 0 unspecified atom stereocenters. The van der Waals surface area contributed by atoms with E-state index >= 15 is 0 Å². The molecule has 0 saturated heterocycles. The Hall–Kier alpha value is -2.91. The Morgan fingerprint density at radius 3 is 2.90 bits per heavy atom. The molecule has 0 spiro atoms. The van der Waals surface area contributed by atoms with Gasteiger partial charge in [-0.3, -0.25) is 4.79 Å². The van der Waals surface area contributed by atoms with Gasteiger partial charge in [0.2, 0.25) is 12.7 Å². The third-order valence-corrected chi connectivity index (χ3v) is 6.06. The molecule has 0 fully saturated rings. The summed E-state index contributed by atoms with van der Waals surface area (Å²) in [6, 6.07) is 12.7. The van der Waals surface area contributed by atoms with Crippen LogP contribution in [0.25, 0.3) is 0 Å². The number of hydrogen-bond donors (Lipinski definition) is 1. The Kier molecular flexibility index (Phi) is 6.53. The zero-order valence-electron chi connectivity index (χ0n) is 17.0. The molecule has 10 heteroatoms. The van der Waals surface area contributed by atoms with E-state index in [4.69, 9.17) is 25.8 Å². The summed E-state index contributed by atoms with van der Waals surface area (Å²) in [4.78, 5) is 12.4. The van der Waals surface area contributed by atoms with Crippen LogP contribution in [0.2, 0.25) is 5.02 Å². The van der Waals surface area contributed by atoms with Gasteiger partial charge in [-0.15, -0.1) is 10.2 Å². The Balaban J connectivity index is 1.29. The molecule has 1 amide bonds. The molecular weight excluding hydrogens is 440 g/mol. The van der Waals surface area contributed by atoms with Gasteiger partial charge >= 0.3 is 0 Å². The van der Waals surface area contributed by atoms with Crippen molar-refractivity contribution in [1.82, 2.24) is 20.1 Å². The molecular formula is C21H21ClN4O4S. The predicted octanol–water partition coefficient (Wildman–Crippen LogP) is 3.75. The molecule has 1 aliphatic rings. The van der Waals surface area contributed by atoms with E-state index in [0.717, 1.165) is 11.3 Å². The minimum absolute atomic E-state index is 0.105. The van der Waals surface area contributed by atoms with E-state index in [-0.39, 0.29) is 31.1 Å². The maximum absolute atomic E-state index is 12.4. The molecule has 2 heterocycles. The van der Waals surface area contributed by atoms with Gasteiger partial charge in [0, 0.05) is 7.05 Å². The molecule has 0 aliphatic carbocycles. The number of benzene rings is 2. The van der Waals surface area contributed by atoms with Crippen LogP contribution in [-0.2, 0) is 18.4 Å². The lowest BCUT2D eigenvalue weighted by Crippen LogP contribution is -2.28. The highest BCUT2D eigenvalue weighted by Crippen LogP contribution is 2.34. The molecule has 0 bridgehead atoms. The van der Waals surface area contributed by atoms with Crippen molar-refractivity contribution in [2.24, 2.45) is 7.05 Å². The van der Waals surface area contributed by atoms with Gasteiger partial charge in [-0.05, 0) is 36.8 Å². The minimum Gasteiger partial charge on any atom is -0.484 e. The largest absolute Gasteiger partial charge is 0.484 e. The van der Waals surface area contributed by atoms with Crippen LogP contribution in [0.1, 0.15) is 24.4 Å². The maximum Gasteiger partial charge on any atom is 0.231 e. The normalized spacial score (nSPS) is 13.1. The SMILES string of the molecule is C[C@H](NC(=O)CSc1nnc(COc2ccccc2Cl)n1C)c1ccc2c(c1)OCO2. The lowest BCUT2D eigenvalue weighted by atomic mass is 10.1. The molecule has 8 nitrogen and oxygen atoms in total. The molecule has 0 saturated carbocycles. The third kappa shape index (κ3) is 5.05. The molecule has 2 aromatic carbocycles. The van der Waals surface area contributed by atoms with Gasteiger partial charge in [0.25, 0.3) is 0 Å². The van der Waals surface area contributed by atoms with Gasteiger partial charge in [-0.1, -0.05) is 41.6 Å². The van der Waals surface area contributed by atoms with Crippen molar-refractivity contribution in [2.75, 3.05) is 12.5 Å². The number of thioether (sulfide) groups is 1. The number of ether oxygens (including phenoxy) is 3. The van der Waals surface area contributed by atoms with Gasteiger partial charge in [-0.25, -0.2) is 0 Å². The van der Waals surface area contributed by atoms with Crippen LogP contribution >= 0.6 is 23.4 Å². The Morgan fingerprint density at radius 2 is 2.06 bits per heavy atom. The Bertz CT molecular complexity index is 1090. The number of nitrogens with one attached hydrogen (secondary N) is 1. The average molecular weight is 461 g/mol. The summed E-state index contributed by atoms with van der Waals surface area (Å²) in [6.07, 6.45) is 0. The first-order valence-corrected chi connectivity index (χ1v) is 10.9. The zero-order valence-corrected chi connectivity index (χ0v) is 18.6. The summed E-state index contributed by atoms with van der Waals surface area (Å²) in [7, 11) is 1.83. The van der Waals surface area contributed by atoms with Crippen molar-refractivity contribution in [2.45, 2.75) is 24.7 Å². The second-order valence-corrected chi connectivity index (χ2v) is 8.22. The summed E-state index contributed by atoms with van der Waals surface area (Å²) >= 11 is 7.41. The van der Waals surface area contributed by atoms with Gasteiger partial charge in [0.15, 0.2) is 22.5 Å². The van der Waals surface area contributed by atoms with Gasteiger partial charge < -0.3 is 24.1 Å². The van der Waals surface area contributed by atoms with Gasteiger partial charge in [-0.2, -0.15) is 0 Å². The number of rotatable bonds is 8. The van der Waals surface area contributed by atoms with Gasteiger partial charge in [0.1, 0.15) is 12.4 Å². The van der Waals surface area contributed by atoms with Crippen LogP contribution in [-0.4, -0.2) is 33.2 Å². The molecule has 4 rings (SSSR count). The van der Waals surface area contributed by atoms with E-state index in [0.29, 0.717) is 27.5 Å². The molecule has 3 aromatic rings. The number of amides is 1. The quantitative estimate of drug-likeness (QED) is 0.512. The second-order valence-electron chi connectivity index (χ2n) is 6.87. The first-order valence-electron chi connectivity index (χ1n) is 9.58. The summed E-state index contributed by atoms with van der Waals surface area (Å²) in [5.41, 5.74) is 0.945. The van der Waals surface area contributed by atoms with Crippen LogP contribution < -0.4 is 19.5 Å².